The Balaban J connectivity index is 1.50. The molecule has 0 aromatic heterocycles. The Morgan fingerprint density at radius 3 is 2.07 bits per heavy atom. The Hall–Kier alpha value is -2.03. The van der Waals surface area contributed by atoms with E-state index >= 15 is 0 Å². The number of ketones is 1. The van der Waals surface area contributed by atoms with Gasteiger partial charge in [-0.25, -0.2) is 0 Å². The monoisotopic (exact) mass is 616 g/mol. The number of carbonyl (C=O) groups is 3. The quantitative estimate of drug-likeness (QED) is 0.120. The summed E-state index contributed by atoms with van der Waals surface area (Å²) in [7, 11) is 0. The molecule has 2 saturated carbocycles. The van der Waals surface area contributed by atoms with E-state index in [1.165, 1.54) is 51.9 Å². The van der Waals surface area contributed by atoms with Crippen molar-refractivity contribution in [1.82, 2.24) is 0 Å². The lowest BCUT2D eigenvalue weighted by Crippen LogP contribution is -2.66. The number of hydrogen-bond donors (Lipinski definition) is 3. The molecule has 0 aromatic rings. The molecule has 0 bridgehead atoms. The number of Topliss-reactive ketones (excluding diaryl/α,β-unsaturated/α-hetero) is 1. The standard InChI is InChI=1S/C36H56O8/c1-7-8-9-10-11-12-13-14-15-16-17-18-29(39)44-36-30(33(36,5)6)27-20-26(22-37)21-34(41)28(19-23(2)31(34)40)35(27,42)24(3)32(36)43-25(4)38/h19-20,24,27-28,30,32,37,41-42H,7-18,21-22H2,1-6H3/t24-,27+,28-,30+,32-,34-,35-,36-/m1/s1. The third-order valence-electron chi connectivity index (χ3n) is 11.5. The second-order valence-corrected chi connectivity index (χ2v) is 14.7. The number of aliphatic hydroxyl groups excluding tert-OH is 1. The van der Waals surface area contributed by atoms with E-state index in [4.69, 9.17) is 9.47 Å². The van der Waals surface area contributed by atoms with Gasteiger partial charge in [0.2, 0.25) is 0 Å². The molecule has 3 N–H and O–H groups in total. The van der Waals surface area contributed by atoms with Gasteiger partial charge in [0.05, 0.1) is 12.2 Å². The van der Waals surface area contributed by atoms with E-state index in [-0.39, 0.29) is 25.4 Å². The number of fused-ring (bicyclic) bond motifs is 5. The Morgan fingerprint density at radius 1 is 0.955 bits per heavy atom. The summed E-state index contributed by atoms with van der Waals surface area (Å²) < 4.78 is 12.3. The van der Waals surface area contributed by atoms with Gasteiger partial charge in [0, 0.05) is 48.9 Å². The van der Waals surface area contributed by atoms with Crippen molar-refractivity contribution in [2.24, 2.45) is 29.1 Å². The topological polar surface area (TPSA) is 130 Å². The van der Waals surface area contributed by atoms with Crippen LogP contribution in [0.3, 0.4) is 0 Å². The van der Waals surface area contributed by atoms with E-state index in [1.54, 1.807) is 26.0 Å². The largest absolute Gasteiger partial charge is 0.458 e. The summed E-state index contributed by atoms with van der Waals surface area (Å²) in [5.41, 5.74) is -4.71. The fraction of sp³-hybridized carbons (Fsp3) is 0.806. The lowest BCUT2D eigenvalue weighted by molar-refractivity contribution is -0.228. The molecule has 2 fully saturated rings. The minimum Gasteiger partial charge on any atom is -0.458 e. The van der Waals surface area contributed by atoms with Crippen LogP contribution < -0.4 is 0 Å². The van der Waals surface area contributed by atoms with E-state index < -0.39 is 63.7 Å². The smallest absolute Gasteiger partial charge is 0.306 e. The normalized spacial score (nSPS) is 36.8. The molecular weight excluding hydrogens is 560 g/mol. The maximum Gasteiger partial charge on any atom is 0.306 e. The van der Waals surface area contributed by atoms with Crippen LogP contribution >= 0.6 is 0 Å². The first-order chi connectivity index (χ1) is 20.7. The number of ether oxygens (including phenoxy) is 2. The predicted molar refractivity (Wildman–Crippen MR) is 167 cm³/mol. The van der Waals surface area contributed by atoms with Gasteiger partial charge in [0.1, 0.15) is 11.7 Å². The molecule has 0 spiro atoms. The van der Waals surface area contributed by atoms with E-state index in [0.29, 0.717) is 17.6 Å². The first-order valence-corrected chi connectivity index (χ1v) is 17.1. The first kappa shape index (κ1) is 34.8. The predicted octanol–water partition coefficient (Wildman–Crippen LogP) is 5.75. The Morgan fingerprint density at radius 2 is 1.52 bits per heavy atom. The molecule has 248 valence electrons. The highest BCUT2D eigenvalue weighted by Crippen LogP contribution is 2.77. The van der Waals surface area contributed by atoms with Gasteiger partial charge in [-0.1, -0.05) is 104 Å². The Kier molecular flexibility index (Phi) is 10.6. The highest BCUT2D eigenvalue weighted by atomic mass is 16.6. The number of carbonyl (C=O) groups excluding carboxylic acids is 3. The minimum absolute atomic E-state index is 0.108. The molecule has 0 radical (unpaired) electrons. The zero-order chi connectivity index (χ0) is 32.5. The van der Waals surface area contributed by atoms with Gasteiger partial charge in [0.25, 0.3) is 0 Å². The molecule has 44 heavy (non-hydrogen) atoms. The molecule has 4 aliphatic rings. The minimum atomic E-state index is -1.93. The van der Waals surface area contributed by atoms with E-state index in [0.717, 1.165) is 19.3 Å². The number of hydrogen-bond acceptors (Lipinski definition) is 8. The molecule has 8 nitrogen and oxygen atoms in total. The van der Waals surface area contributed by atoms with Crippen LogP contribution in [-0.2, 0) is 23.9 Å². The Bertz CT molecular complexity index is 1150. The molecule has 0 aliphatic heterocycles. The van der Waals surface area contributed by atoms with Crippen LogP contribution in [0.25, 0.3) is 0 Å². The lowest BCUT2D eigenvalue weighted by atomic mass is 9.59. The summed E-state index contributed by atoms with van der Waals surface area (Å²) in [6, 6.07) is 0. The van der Waals surface area contributed by atoms with Gasteiger partial charge < -0.3 is 24.8 Å². The molecule has 0 unspecified atom stereocenters. The zero-order valence-electron chi connectivity index (χ0n) is 27.8. The molecule has 0 aromatic carbocycles. The first-order valence-electron chi connectivity index (χ1n) is 17.1. The average Bonchev–Trinajstić information content (AvgIpc) is 3.39. The van der Waals surface area contributed by atoms with Crippen LogP contribution in [0, 0.1) is 29.1 Å². The van der Waals surface area contributed by atoms with Crippen LogP contribution in [0.4, 0.5) is 0 Å². The molecule has 0 heterocycles. The van der Waals surface area contributed by atoms with Crippen LogP contribution in [0.5, 0.6) is 0 Å². The zero-order valence-corrected chi connectivity index (χ0v) is 27.8. The maximum atomic E-state index is 13.4. The van der Waals surface area contributed by atoms with Crippen molar-refractivity contribution >= 4 is 17.7 Å². The van der Waals surface area contributed by atoms with Gasteiger partial charge in [-0.2, -0.15) is 0 Å². The lowest BCUT2D eigenvalue weighted by Gasteiger charge is -2.53. The average molecular weight is 617 g/mol. The number of aliphatic hydroxyl groups is 3. The van der Waals surface area contributed by atoms with Gasteiger partial charge in [-0.05, 0) is 24.5 Å². The molecule has 4 rings (SSSR count). The van der Waals surface area contributed by atoms with E-state index in [2.05, 4.69) is 6.92 Å². The summed E-state index contributed by atoms with van der Waals surface area (Å²) in [5, 5.41) is 34.7. The third kappa shape index (κ3) is 5.84. The summed E-state index contributed by atoms with van der Waals surface area (Å²) in [6.45, 7) is 10.4. The Labute approximate surface area is 263 Å². The second kappa shape index (κ2) is 13.4. The maximum absolute atomic E-state index is 13.4. The van der Waals surface area contributed by atoms with Crippen molar-refractivity contribution in [2.75, 3.05) is 6.61 Å². The third-order valence-corrected chi connectivity index (χ3v) is 11.5. The van der Waals surface area contributed by atoms with Gasteiger partial charge in [-0.3, -0.25) is 14.4 Å². The second-order valence-electron chi connectivity index (χ2n) is 14.7. The van der Waals surface area contributed by atoms with E-state index in [9.17, 15) is 29.7 Å². The van der Waals surface area contributed by atoms with Crippen LogP contribution in [-0.4, -0.2) is 62.6 Å². The summed E-state index contributed by atoms with van der Waals surface area (Å²) in [4.78, 5) is 39.1. The molecule has 8 atom stereocenters. The van der Waals surface area contributed by atoms with Crippen molar-refractivity contribution in [3.8, 4) is 0 Å². The van der Waals surface area contributed by atoms with Crippen molar-refractivity contribution in [3.05, 3.63) is 23.3 Å². The fourth-order valence-corrected chi connectivity index (χ4v) is 9.18. The molecule has 4 aliphatic carbocycles. The number of rotatable bonds is 15. The number of esters is 2. The molecular formula is C36H56O8. The molecule has 0 amide bonds. The van der Waals surface area contributed by atoms with Crippen molar-refractivity contribution < 1.29 is 39.2 Å². The SMILES string of the molecule is CCCCCCCCCCCCCC(=O)O[C@@]12[C@H](OC(C)=O)[C@@H](C)[C@@]3(O)[C@@H](C=C(CO)C[C@]4(O)C(=O)C(C)=C[C@@H]34)[C@H]1C2(C)C. The number of unbranched alkanes of at least 4 members (excludes halogenated alkanes) is 10. The summed E-state index contributed by atoms with van der Waals surface area (Å²) in [5.74, 6) is -4.30. The van der Waals surface area contributed by atoms with Gasteiger partial charge in [-0.15, -0.1) is 0 Å². The summed E-state index contributed by atoms with van der Waals surface area (Å²) >= 11 is 0. The van der Waals surface area contributed by atoms with Crippen LogP contribution in [0.15, 0.2) is 23.3 Å². The van der Waals surface area contributed by atoms with E-state index in [1.807, 2.05) is 13.8 Å². The highest BCUT2D eigenvalue weighted by Gasteiger charge is 2.87. The van der Waals surface area contributed by atoms with Crippen molar-refractivity contribution in [1.29, 1.82) is 0 Å². The summed E-state index contributed by atoms with van der Waals surface area (Å²) in [6.07, 6.45) is 15.5. The molecule has 0 saturated heterocycles. The molecule has 8 heteroatoms. The van der Waals surface area contributed by atoms with Crippen molar-refractivity contribution in [2.45, 2.75) is 148 Å². The fourth-order valence-electron chi connectivity index (χ4n) is 9.18. The van der Waals surface area contributed by atoms with Crippen LogP contribution in [0.2, 0.25) is 0 Å². The van der Waals surface area contributed by atoms with Gasteiger partial charge in [0.15, 0.2) is 11.4 Å². The van der Waals surface area contributed by atoms with Crippen LogP contribution in [0.1, 0.15) is 125 Å². The van der Waals surface area contributed by atoms with Gasteiger partial charge >= 0.3 is 11.9 Å². The highest BCUT2D eigenvalue weighted by molar-refractivity contribution is 6.04. The van der Waals surface area contributed by atoms with Crippen molar-refractivity contribution in [3.63, 3.8) is 0 Å².